The fourth-order valence-electron chi connectivity index (χ4n) is 2.47. The lowest BCUT2D eigenvalue weighted by Crippen LogP contribution is -2.35. The highest BCUT2D eigenvalue weighted by atomic mass is 35.5. The second kappa shape index (κ2) is 7.80. The Morgan fingerprint density at radius 3 is 2.58 bits per heavy atom. The Labute approximate surface area is 160 Å². The Balaban J connectivity index is 1.97. The summed E-state index contributed by atoms with van der Waals surface area (Å²) in [6.07, 6.45) is 0. The Bertz CT molecular complexity index is 901. The Morgan fingerprint density at radius 2 is 1.88 bits per heavy atom. The highest BCUT2D eigenvalue weighted by molar-refractivity contribution is 8.14. The molecule has 0 atom stereocenters. The molecule has 2 aromatic rings. The molecule has 0 spiro atoms. The molecule has 2 aromatic carbocycles. The second-order valence-corrected chi connectivity index (χ2v) is 6.72. The van der Waals surface area contributed by atoms with E-state index in [0.717, 1.165) is 11.3 Å². The van der Waals surface area contributed by atoms with Gasteiger partial charge >= 0.3 is 0 Å². The number of benzene rings is 2. The summed E-state index contributed by atoms with van der Waals surface area (Å²) in [7, 11) is 3.16. The van der Waals surface area contributed by atoms with Crippen molar-refractivity contribution in [1.29, 1.82) is 10.8 Å². The summed E-state index contributed by atoms with van der Waals surface area (Å²) in [5, 5.41) is 23.0. The SMILES string of the molecule is COc1ccc(C2=NN(C(=N)c3ccccc3Cl)C(=N)SC2)cc1OC. The maximum absolute atomic E-state index is 8.43. The highest BCUT2D eigenvalue weighted by Gasteiger charge is 2.25. The van der Waals surface area contributed by atoms with Crippen molar-refractivity contribution in [3.8, 4) is 11.5 Å². The van der Waals surface area contributed by atoms with E-state index in [2.05, 4.69) is 5.10 Å². The van der Waals surface area contributed by atoms with Crippen LogP contribution in [0.2, 0.25) is 5.02 Å². The van der Waals surface area contributed by atoms with E-state index in [1.807, 2.05) is 18.2 Å². The molecule has 0 fully saturated rings. The summed E-state index contributed by atoms with van der Waals surface area (Å²) >= 11 is 7.49. The first-order chi connectivity index (χ1) is 12.5. The lowest BCUT2D eigenvalue weighted by Gasteiger charge is -2.26. The van der Waals surface area contributed by atoms with Crippen LogP contribution in [0.1, 0.15) is 11.1 Å². The number of methoxy groups -OCH3 is 2. The molecule has 2 N–H and O–H groups in total. The smallest absolute Gasteiger partial charge is 0.183 e. The monoisotopic (exact) mass is 388 g/mol. The van der Waals surface area contributed by atoms with Gasteiger partial charge in [0.25, 0.3) is 0 Å². The number of rotatable bonds is 4. The summed E-state index contributed by atoms with van der Waals surface area (Å²) in [6.45, 7) is 0. The standard InChI is InChI=1S/C18H17ClN4O2S/c1-24-15-8-7-11(9-16(15)25-2)14-10-26-18(21)23(22-14)17(20)12-5-3-4-6-13(12)19/h3-9,20-21H,10H2,1-2H3. The number of halogens is 1. The minimum atomic E-state index is 0.0609. The maximum atomic E-state index is 8.43. The third kappa shape index (κ3) is 3.54. The summed E-state index contributed by atoms with van der Waals surface area (Å²) < 4.78 is 10.6. The van der Waals surface area contributed by atoms with Crippen LogP contribution in [0.4, 0.5) is 0 Å². The van der Waals surface area contributed by atoms with Crippen molar-refractivity contribution in [2.24, 2.45) is 5.10 Å². The molecule has 0 aliphatic carbocycles. The van der Waals surface area contributed by atoms with Gasteiger partial charge in [0.2, 0.25) is 0 Å². The van der Waals surface area contributed by atoms with Crippen LogP contribution in [0.15, 0.2) is 47.6 Å². The molecule has 6 nitrogen and oxygen atoms in total. The topological polar surface area (TPSA) is 81.8 Å². The third-order valence-corrected chi connectivity index (χ3v) is 5.01. The molecular weight excluding hydrogens is 372 g/mol. The molecule has 1 aliphatic heterocycles. The molecule has 26 heavy (non-hydrogen) atoms. The number of nitrogens with one attached hydrogen (secondary N) is 2. The molecule has 1 aliphatic rings. The fraction of sp³-hybridized carbons (Fsp3) is 0.167. The number of amidine groups is 2. The van der Waals surface area contributed by atoms with Crippen molar-refractivity contribution in [3.05, 3.63) is 58.6 Å². The number of hydrogen-bond acceptors (Lipinski definition) is 6. The first kappa shape index (κ1) is 18.3. The maximum Gasteiger partial charge on any atom is 0.183 e. The Kier molecular flexibility index (Phi) is 5.49. The van der Waals surface area contributed by atoms with E-state index < -0.39 is 0 Å². The van der Waals surface area contributed by atoms with Crippen LogP contribution in [0.3, 0.4) is 0 Å². The lowest BCUT2D eigenvalue weighted by atomic mass is 10.1. The first-order valence-corrected chi connectivity index (χ1v) is 9.06. The van der Waals surface area contributed by atoms with E-state index in [4.69, 9.17) is 31.9 Å². The van der Waals surface area contributed by atoms with Gasteiger partial charge in [-0.3, -0.25) is 10.8 Å². The Morgan fingerprint density at radius 1 is 1.15 bits per heavy atom. The quantitative estimate of drug-likeness (QED) is 0.611. The molecule has 0 unspecified atom stereocenters. The normalized spacial score (nSPS) is 14.0. The van der Waals surface area contributed by atoms with Gasteiger partial charge in [0.05, 0.1) is 25.0 Å². The molecule has 0 saturated carbocycles. The van der Waals surface area contributed by atoms with Gasteiger partial charge in [0, 0.05) is 16.9 Å². The summed E-state index contributed by atoms with van der Waals surface area (Å²) in [4.78, 5) is 0. The van der Waals surface area contributed by atoms with Gasteiger partial charge in [0.15, 0.2) is 22.5 Å². The minimum absolute atomic E-state index is 0.0609. The van der Waals surface area contributed by atoms with Crippen LogP contribution < -0.4 is 9.47 Å². The van der Waals surface area contributed by atoms with Gasteiger partial charge in [-0.15, -0.1) is 0 Å². The van der Waals surface area contributed by atoms with Crippen LogP contribution in [0.25, 0.3) is 0 Å². The molecule has 0 radical (unpaired) electrons. The summed E-state index contributed by atoms with van der Waals surface area (Å²) in [6, 6.07) is 12.6. The first-order valence-electron chi connectivity index (χ1n) is 7.70. The molecule has 8 heteroatoms. The Hall–Kier alpha value is -2.51. The van der Waals surface area contributed by atoms with Crippen molar-refractivity contribution in [2.75, 3.05) is 20.0 Å². The van der Waals surface area contributed by atoms with Crippen LogP contribution in [-0.2, 0) is 0 Å². The van der Waals surface area contributed by atoms with Gasteiger partial charge < -0.3 is 9.47 Å². The lowest BCUT2D eigenvalue weighted by molar-refractivity contribution is 0.355. The zero-order chi connectivity index (χ0) is 18.7. The van der Waals surface area contributed by atoms with Crippen molar-refractivity contribution in [1.82, 2.24) is 5.01 Å². The zero-order valence-corrected chi connectivity index (χ0v) is 15.8. The fourth-order valence-corrected chi connectivity index (χ4v) is 3.45. The zero-order valence-electron chi connectivity index (χ0n) is 14.2. The number of thioether (sulfide) groups is 1. The van der Waals surface area contributed by atoms with Gasteiger partial charge in [-0.05, 0) is 30.3 Å². The average Bonchev–Trinajstić information content (AvgIpc) is 2.67. The molecule has 134 valence electrons. The van der Waals surface area contributed by atoms with Crippen LogP contribution in [0.5, 0.6) is 11.5 Å². The van der Waals surface area contributed by atoms with E-state index >= 15 is 0 Å². The van der Waals surface area contributed by atoms with Gasteiger partial charge in [0.1, 0.15) is 0 Å². The molecule has 0 aromatic heterocycles. The van der Waals surface area contributed by atoms with Gasteiger partial charge in [-0.25, -0.2) is 0 Å². The van der Waals surface area contributed by atoms with Crippen molar-refractivity contribution >= 4 is 40.1 Å². The predicted molar refractivity (Wildman–Crippen MR) is 106 cm³/mol. The van der Waals surface area contributed by atoms with E-state index in [1.165, 1.54) is 16.8 Å². The van der Waals surface area contributed by atoms with E-state index in [1.54, 1.807) is 38.5 Å². The molecule has 3 rings (SSSR count). The largest absolute Gasteiger partial charge is 0.493 e. The van der Waals surface area contributed by atoms with E-state index in [0.29, 0.717) is 27.8 Å². The van der Waals surface area contributed by atoms with Gasteiger partial charge in [-0.1, -0.05) is 35.5 Å². The van der Waals surface area contributed by atoms with E-state index in [-0.39, 0.29) is 11.0 Å². The van der Waals surface area contributed by atoms with Crippen LogP contribution in [0, 0.1) is 10.8 Å². The van der Waals surface area contributed by atoms with Crippen molar-refractivity contribution in [3.63, 3.8) is 0 Å². The molecular formula is C18H17ClN4O2S. The number of hydrogen-bond donors (Lipinski definition) is 2. The average molecular weight is 389 g/mol. The second-order valence-electron chi connectivity index (χ2n) is 5.35. The molecule has 1 heterocycles. The van der Waals surface area contributed by atoms with Crippen molar-refractivity contribution < 1.29 is 9.47 Å². The summed E-state index contributed by atoms with van der Waals surface area (Å²) in [5.74, 6) is 1.83. The molecule has 0 amide bonds. The summed E-state index contributed by atoms with van der Waals surface area (Å²) in [5.41, 5.74) is 2.11. The number of hydrazone groups is 1. The van der Waals surface area contributed by atoms with Crippen LogP contribution >= 0.6 is 23.4 Å². The van der Waals surface area contributed by atoms with Crippen LogP contribution in [-0.4, -0.2) is 41.7 Å². The minimum Gasteiger partial charge on any atom is -0.493 e. The van der Waals surface area contributed by atoms with Crippen molar-refractivity contribution in [2.45, 2.75) is 0 Å². The van der Waals surface area contributed by atoms with Gasteiger partial charge in [-0.2, -0.15) is 10.1 Å². The highest BCUT2D eigenvalue weighted by Crippen LogP contribution is 2.30. The third-order valence-electron chi connectivity index (χ3n) is 3.82. The van der Waals surface area contributed by atoms with E-state index in [9.17, 15) is 0 Å². The molecule has 0 bridgehead atoms. The predicted octanol–water partition coefficient (Wildman–Crippen LogP) is 4.07. The number of nitrogens with zero attached hydrogens (tertiary/aromatic N) is 2. The molecule has 0 saturated heterocycles. The number of ether oxygens (including phenoxy) is 2.